The van der Waals surface area contributed by atoms with Gasteiger partial charge in [0.1, 0.15) is 18.3 Å². The Hall–Kier alpha value is -1.94. The number of ketones is 2. The van der Waals surface area contributed by atoms with Gasteiger partial charge in [-0.05, 0) is 75.2 Å². The molecule has 4 N–H and O–H groups in total. The maximum Gasteiger partial charge on any atom is 0.342 e. The van der Waals surface area contributed by atoms with Crippen LogP contribution in [0.4, 0.5) is 0 Å². The molecule has 0 heterocycles. The fourth-order valence-corrected chi connectivity index (χ4v) is 8.59. The van der Waals surface area contributed by atoms with E-state index in [1.165, 1.54) is 6.92 Å². The zero-order chi connectivity index (χ0) is 26.7. The number of carbonyl (C=O) groups excluding carboxylic acids is 4. The van der Waals surface area contributed by atoms with Crippen LogP contribution < -0.4 is 0 Å². The second-order valence-corrected chi connectivity index (χ2v) is 11.8. The van der Waals surface area contributed by atoms with E-state index in [4.69, 9.17) is 4.74 Å². The van der Waals surface area contributed by atoms with Crippen molar-refractivity contribution >= 4 is 23.5 Å². The number of allylic oxidation sites excluding steroid dienone is 1. The van der Waals surface area contributed by atoms with Gasteiger partial charge in [0, 0.05) is 23.7 Å². The summed E-state index contributed by atoms with van der Waals surface area (Å²) in [5.41, 5.74) is -3.19. The third-order valence-electron chi connectivity index (χ3n) is 10.5. The fourth-order valence-electron chi connectivity index (χ4n) is 8.59. The van der Waals surface area contributed by atoms with E-state index in [0.29, 0.717) is 32.1 Å². The van der Waals surface area contributed by atoms with E-state index in [-0.39, 0.29) is 43.3 Å². The van der Waals surface area contributed by atoms with E-state index in [1.54, 1.807) is 6.08 Å². The maximum absolute atomic E-state index is 12.7. The van der Waals surface area contributed by atoms with Crippen LogP contribution in [0.2, 0.25) is 0 Å². The van der Waals surface area contributed by atoms with Crippen molar-refractivity contribution in [3.63, 3.8) is 0 Å². The number of hydrogen-bond donors (Lipinski definition) is 4. The van der Waals surface area contributed by atoms with Crippen LogP contribution in [-0.2, 0) is 23.9 Å². The normalized spacial score (nSPS) is 42.5. The number of esters is 2. The van der Waals surface area contributed by atoms with Gasteiger partial charge in [-0.1, -0.05) is 19.4 Å². The largest absolute Gasteiger partial charge is 0.392 e. The highest BCUT2D eigenvalue weighted by Gasteiger charge is 2.73. The van der Waals surface area contributed by atoms with Crippen LogP contribution in [0.3, 0.4) is 0 Å². The minimum atomic E-state index is -1.75. The quantitative estimate of drug-likeness (QED) is 0.308. The molecule has 0 spiro atoms. The molecular formula is C27H38O9. The van der Waals surface area contributed by atoms with Crippen molar-refractivity contribution in [1.82, 2.24) is 0 Å². The van der Waals surface area contributed by atoms with Crippen molar-refractivity contribution in [2.24, 2.45) is 28.1 Å². The lowest BCUT2D eigenvalue weighted by Crippen LogP contribution is -2.67. The van der Waals surface area contributed by atoms with Crippen molar-refractivity contribution < 1.29 is 44.3 Å². The van der Waals surface area contributed by atoms with E-state index in [0.717, 1.165) is 5.57 Å². The molecule has 0 aromatic heterocycles. The number of hydrogen-bond acceptors (Lipinski definition) is 9. The first-order chi connectivity index (χ1) is 16.8. The van der Waals surface area contributed by atoms with Crippen LogP contribution in [-0.4, -0.2) is 68.3 Å². The van der Waals surface area contributed by atoms with Gasteiger partial charge in [0.2, 0.25) is 0 Å². The van der Waals surface area contributed by atoms with Crippen molar-refractivity contribution in [1.29, 1.82) is 0 Å². The monoisotopic (exact) mass is 506 g/mol. The molecule has 3 fully saturated rings. The lowest BCUT2D eigenvalue weighted by Gasteiger charge is -2.67. The molecule has 36 heavy (non-hydrogen) atoms. The van der Waals surface area contributed by atoms with Crippen molar-refractivity contribution in [3.8, 4) is 0 Å². The van der Waals surface area contributed by atoms with Crippen LogP contribution in [0, 0.1) is 28.1 Å². The summed E-state index contributed by atoms with van der Waals surface area (Å²) in [6.45, 7) is 4.29. The van der Waals surface area contributed by atoms with Gasteiger partial charge in [-0.2, -0.15) is 0 Å². The predicted octanol–water partition coefficient (Wildman–Crippen LogP) is 1.38. The van der Waals surface area contributed by atoms with Crippen LogP contribution in [0.25, 0.3) is 0 Å². The van der Waals surface area contributed by atoms with Gasteiger partial charge in [-0.3, -0.25) is 14.4 Å². The van der Waals surface area contributed by atoms with Crippen LogP contribution >= 0.6 is 0 Å². The Morgan fingerprint density at radius 2 is 1.83 bits per heavy atom. The average Bonchev–Trinajstić information content (AvgIpc) is 3.08. The summed E-state index contributed by atoms with van der Waals surface area (Å²) in [4.78, 5) is 49.4. The van der Waals surface area contributed by atoms with Crippen molar-refractivity contribution in [2.45, 2.75) is 96.4 Å². The summed E-state index contributed by atoms with van der Waals surface area (Å²) < 4.78 is 4.80. The van der Waals surface area contributed by atoms with Crippen LogP contribution in [0.15, 0.2) is 11.6 Å². The van der Waals surface area contributed by atoms with E-state index in [1.807, 2.05) is 13.8 Å². The highest BCUT2D eigenvalue weighted by atomic mass is 16.6. The first-order valence-corrected chi connectivity index (χ1v) is 13.0. The summed E-state index contributed by atoms with van der Waals surface area (Å²) in [5, 5.41) is 42.4. The average molecular weight is 507 g/mol. The smallest absolute Gasteiger partial charge is 0.342 e. The Kier molecular flexibility index (Phi) is 6.86. The zero-order valence-electron chi connectivity index (χ0n) is 21.3. The first kappa shape index (κ1) is 27.1. The Morgan fingerprint density at radius 1 is 1.14 bits per heavy atom. The topological polar surface area (TPSA) is 158 Å². The summed E-state index contributed by atoms with van der Waals surface area (Å²) in [5.74, 6) is -2.74. The molecule has 0 aromatic rings. The van der Waals surface area contributed by atoms with Gasteiger partial charge in [0.05, 0.1) is 6.10 Å². The van der Waals surface area contributed by atoms with Crippen molar-refractivity contribution in [2.75, 3.05) is 6.61 Å². The molecule has 0 aliphatic heterocycles. The molecule has 1 unspecified atom stereocenters. The molecule has 0 bridgehead atoms. The molecular weight excluding hydrogens is 468 g/mol. The molecule has 4 aliphatic carbocycles. The summed E-state index contributed by atoms with van der Waals surface area (Å²) >= 11 is 0. The molecule has 9 heteroatoms. The van der Waals surface area contributed by atoms with Crippen molar-refractivity contribution in [3.05, 3.63) is 11.6 Å². The second kappa shape index (κ2) is 9.11. The van der Waals surface area contributed by atoms with Gasteiger partial charge in [-0.25, -0.2) is 4.79 Å². The van der Waals surface area contributed by atoms with Gasteiger partial charge < -0.3 is 25.2 Å². The van der Waals surface area contributed by atoms with E-state index >= 15 is 0 Å². The van der Waals surface area contributed by atoms with Gasteiger partial charge in [0.25, 0.3) is 0 Å². The molecule has 4 rings (SSSR count). The Labute approximate surface area is 210 Å². The number of aliphatic hydroxyl groups excluding tert-OH is 3. The molecule has 0 amide bonds. The second-order valence-electron chi connectivity index (χ2n) is 11.8. The van der Waals surface area contributed by atoms with Gasteiger partial charge in [0.15, 0.2) is 11.6 Å². The lowest BCUT2D eigenvalue weighted by molar-refractivity contribution is -0.224. The molecule has 0 radical (unpaired) electrons. The SMILES string of the molecule is CC(O)C(=O)OC(=O)CC[C@]12[C@@H](O)C[C@@]3(C)[C@@H](CC[C@]3(O)C(=O)CO)[C@@H]1CCC1=CC(=O)CC[C@@]12C. The van der Waals surface area contributed by atoms with E-state index in [9.17, 15) is 39.6 Å². The molecule has 8 atom stereocenters. The maximum atomic E-state index is 12.7. The Bertz CT molecular complexity index is 1000. The molecule has 200 valence electrons. The number of carbonyl (C=O) groups is 4. The molecule has 3 saturated carbocycles. The molecule has 4 aliphatic rings. The number of rotatable bonds is 6. The summed E-state index contributed by atoms with van der Waals surface area (Å²) in [7, 11) is 0. The first-order valence-electron chi connectivity index (χ1n) is 13.0. The number of aliphatic hydroxyl groups is 4. The van der Waals surface area contributed by atoms with E-state index < -0.39 is 58.4 Å². The standard InChI is InChI=1S/C27H38O9/c1-15(29)23(34)36-22(33)8-10-26-19(5-4-16-12-17(30)6-9-24(16,26)2)18-7-11-27(35,21(32)14-28)25(18,3)13-20(26)31/h12,15,18-20,28-29,31,35H,4-11,13-14H2,1-3H3/t15?,18-,19-,20-,24-,25-,26+,27-/m0/s1. The van der Waals surface area contributed by atoms with Gasteiger partial charge >= 0.3 is 11.9 Å². The third-order valence-corrected chi connectivity index (χ3v) is 10.5. The highest BCUT2D eigenvalue weighted by molar-refractivity contribution is 5.92. The summed E-state index contributed by atoms with van der Waals surface area (Å²) in [6, 6.07) is 0. The third kappa shape index (κ3) is 3.65. The lowest BCUT2D eigenvalue weighted by atomic mass is 9.37. The Morgan fingerprint density at radius 3 is 2.47 bits per heavy atom. The minimum absolute atomic E-state index is 0.0388. The van der Waals surface area contributed by atoms with Crippen LogP contribution in [0.1, 0.15) is 78.6 Å². The molecule has 0 aromatic carbocycles. The molecule has 0 saturated heterocycles. The predicted molar refractivity (Wildman–Crippen MR) is 126 cm³/mol. The molecule has 9 nitrogen and oxygen atoms in total. The number of ether oxygens (including phenoxy) is 1. The summed E-state index contributed by atoms with van der Waals surface area (Å²) in [6.07, 6.45) is 2.20. The minimum Gasteiger partial charge on any atom is -0.392 e. The van der Waals surface area contributed by atoms with Crippen LogP contribution in [0.5, 0.6) is 0 Å². The Balaban J connectivity index is 1.76. The van der Waals surface area contributed by atoms with E-state index in [2.05, 4.69) is 0 Å². The number of fused-ring (bicyclic) bond motifs is 5. The van der Waals surface area contributed by atoms with Gasteiger partial charge in [-0.15, -0.1) is 0 Å². The number of Topliss-reactive ketones (excluding diaryl/α,β-unsaturated/α-hetero) is 1. The highest BCUT2D eigenvalue weighted by Crippen LogP contribution is 2.73. The zero-order valence-corrected chi connectivity index (χ0v) is 21.3. The fraction of sp³-hybridized carbons (Fsp3) is 0.778.